The summed E-state index contributed by atoms with van der Waals surface area (Å²) >= 11 is 7.56. The standard InChI is InChI=1S/C33H28ClN3O5S/c1-19(2)42-32(39)29-20(3)36-33-37(30(29)23-6-5-7-26(15-23)40-4)31(38)28(43-33)16-24-14-25(34)12-13-27(24)41-18-22-10-8-21(17-35)9-11-22/h5-16,19,30H,18H2,1-4H3/b28-16-/t30-/m0/s1. The Balaban J connectivity index is 1.61. The number of ether oxygens (including phenoxy) is 3. The van der Waals surface area contributed by atoms with E-state index in [0.717, 1.165) is 5.56 Å². The smallest absolute Gasteiger partial charge is 0.338 e. The Hall–Kier alpha value is -4.65. The van der Waals surface area contributed by atoms with Crippen molar-refractivity contribution in [2.75, 3.05) is 7.11 Å². The van der Waals surface area contributed by atoms with E-state index in [1.54, 1.807) is 76.4 Å². The highest BCUT2D eigenvalue weighted by Crippen LogP contribution is 2.32. The van der Waals surface area contributed by atoms with Gasteiger partial charge in [0.1, 0.15) is 18.1 Å². The Bertz CT molecular complexity index is 1950. The molecule has 0 N–H and O–H groups in total. The number of esters is 1. The predicted molar refractivity (Wildman–Crippen MR) is 165 cm³/mol. The number of hydrogen-bond acceptors (Lipinski definition) is 8. The van der Waals surface area contributed by atoms with Gasteiger partial charge in [0, 0.05) is 10.6 Å². The van der Waals surface area contributed by atoms with Crippen LogP contribution in [0.2, 0.25) is 5.02 Å². The zero-order valence-corrected chi connectivity index (χ0v) is 25.5. The van der Waals surface area contributed by atoms with Crippen LogP contribution in [0.15, 0.2) is 87.8 Å². The van der Waals surface area contributed by atoms with Crippen molar-refractivity contribution >= 4 is 35.0 Å². The number of carbonyl (C=O) groups is 1. The minimum absolute atomic E-state index is 0.256. The zero-order chi connectivity index (χ0) is 30.7. The highest BCUT2D eigenvalue weighted by molar-refractivity contribution is 7.07. The molecule has 0 bridgehead atoms. The van der Waals surface area contributed by atoms with Crippen molar-refractivity contribution < 1.29 is 19.0 Å². The maximum Gasteiger partial charge on any atom is 0.338 e. The van der Waals surface area contributed by atoms with Crippen LogP contribution in [0.5, 0.6) is 11.5 Å². The molecule has 1 aromatic heterocycles. The number of fused-ring (bicyclic) bond motifs is 1. The molecular weight excluding hydrogens is 586 g/mol. The minimum Gasteiger partial charge on any atom is -0.497 e. The molecule has 0 saturated heterocycles. The van der Waals surface area contributed by atoms with Crippen LogP contribution in [0.4, 0.5) is 0 Å². The summed E-state index contributed by atoms with van der Waals surface area (Å²) in [7, 11) is 1.56. The molecule has 43 heavy (non-hydrogen) atoms. The van der Waals surface area contributed by atoms with E-state index in [1.807, 2.05) is 24.3 Å². The lowest BCUT2D eigenvalue weighted by Crippen LogP contribution is -2.40. The number of thiazole rings is 1. The lowest BCUT2D eigenvalue weighted by Gasteiger charge is -2.25. The van der Waals surface area contributed by atoms with Crippen molar-refractivity contribution in [3.05, 3.63) is 125 Å². The van der Waals surface area contributed by atoms with Gasteiger partial charge in [0.25, 0.3) is 5.56 Å². The number of nitrogens with zero attached hydrogens (tertiary/aromatic N) is 3. The summed E-state index contributed by atoms with van der Waals surface area (Å²) in [6.45, 7) is 5.55. The molecule has 0 saturated carbocycles. The van der Waals surface area contributed by atoms with Crippen molar-refractivity contribution in [2.24, 2.45) is 4.99 Å². The Morgan fingerprint density at radius 2 is 1.93 bits per heavy atom. The van der Waals surface area contributed by atoms with E-state index in [4.69, 9.17) is 31.1 Å². The number of hydrogen-bond donors (Lipinski definition) is 0. The van der Waals surface area contributed by atoms with Gasteiger partial charge in [-0.15, -0.1) is 0 Å². The minimum atomic E-state index is -0.772. The molecule has 0 aliphatic carbocycles. The normalized spacial score (nSPS) is 14.6. The molecule has 0 amide bonds. The number of benzene rings is 3. The van der Waals surface area contributed by atoms with Crippen LogP contribution < -0.4 is 24.4 Å². The summed E-state index contributed by atoms with van der Waals surface area (Å²) < 4.78 is 19.0. The molecule has 8 nitrogen and oxygen atoms in total. The third kappa shape index (κ3) is 6.41. The number of rotatable bonds is 8. The molecule has 0 radical (unpaired) electrons. The fourth-order valence-electron chi connectivity index (χ4n) is 4.73. The fraction of sp³-hybridized carbons (Fsp3) is 0.212. The summed E-state index contributed by atoms with van der Waals surface area (Å²) in [5.74, 6) is 0.585. The van der Waals surface area contributed by atoms with Crippen LogP contribution in [-0.4, -0.2) is 23.8 Å². The van der Waals surface area contributed by atoms with Crippen LogP contribution in [-0.2, 0) is 16.1 Å². The molecule has 5 rings (SSSR count). The van der Waals surface area contributed by atoms with E-state index in [9.17, 15) is 9.59 Å². The van der Waals surface area contributed by atoms with Gasteiger partial charge in [-0.1, -0.05) is 47.2 Å². The molecule has 1 aliphatic rings. The molecule has 0 fully saturated rings. The quantitative estimate of drug-likeness (QED) is 0.250. The first kappa shape index (κ1) is 29.8. The molecule has 1 aliphatic heterocycles. The third-order valence-electron chi connectivity index (χ3n) is 6.73. The second-order valence-electron chi connectivity index (χ2n) is 10.1. The number of methoxy groups -OCH3 is 1. The number of aromatic nitrogens is 1. The average Bonchev–Trinajstić information content (AvgIpc) is 3.29. The first-order chi connectivity index (χ1) is 20.7. The molecule has 10 heteroatoms. The first-order valence-corrected chi connectivity index (χ1v) is 14.7. The summed E-state index contributed by atoms with van der Waals surface area (Å²) in [6, 6.07) is 20.9. The lowest BCUT2D eigenvalue weighted by molar-refractivity contribution is -0.143. The Labute approximate surface area is 257 Å². The van der Waals surface area contributed by atoms with E-state index in [-0.39, 0.29) is 23.8 Å². The van der Waals surface area contributed by atoms with Crippen LogP contribution in [0, 0.1) is 11.3 Å². The fourth-order valence-corrected chi connectivity index (χ4v) is 5.95. The molecular formula is C33H28ClN3O5S. The number of halogens is 1. The second-order valence-corrected chi connectivity index (χ2v) is 11.5. The third-order valence-corrected chi connectivity index (χ3v) is 7.95. The van der Waals surface area contributed by atoms with Gasteiger partial charge in [0.2, 0.25) is 0 Å². The van der Waals surface area contributed by atoms with E-state index < -0.39 is 12.0 Å². The van der Waals surface area contributed by atoms with Gasteiger partial charge in [-0.05, 0) is 80.4 Å². The van der Waals surface area contributed by atoms with E-state index in [2.05, 4.69) is 11.1 Å². The van der Waals surface area contributed by atoms with E-state index >= 15 is 0 Å². The van der Waals surface area contributed by atoms with Crippen molar-refractivity contribution in [1.29, 1.82) is 5.26 Å². The second kappa shape index (κ2) is 12.7. The van der Waals surface area contributed by atoms with Crippen molar-refractivity contribution in [3.63, 3.8) is 0 Å². The molecule has 2 heterocycles. The molecule has 3 aromatic carbocycles. The maximum absolute atomic E-state index is 14.1. The summed E-state index contributed by atoms with van der Waals surface area (Å²) in [4.78, 5) is 32.5. The SMILES string of the molecule is COc1cccc([C@H]2C(C(=O)OC(C)C)=C(C)N=c3s/c(=C\c4cc(Cl)ccc4OCc4ccc(C#N)cc4)c(=O)n32)c1. The van der Waals surface area contributed by atoms with Gasteiger partial charge in [-0.3, -0.25) is 9.36 Å². The summed E-state index contributed by atoms with van der Waals surface area (Å²) in [6.07, 6.45) is 1.37. The number of allylic oxidation sites excluding steroid dienone is 1. The van der Waals surface area contributed by atoms with Crippen molar-refractivity contribution in [3.8, 4) is 17.6 Å². The average molecular weight is 614 g/mol. The number of nitriles is 1. The monoisotopic (exact) mass is 613 g/mol. The van der Waals surface area contributed by atoms with Gasteiger partial charge in [-0.2, -0.15) is 5.26 Å². The van der Waals surface area contributed by atoms with Crippen LogP contribution in [0.25, 0.3) is 6.08 Å². The predicted octanol–water partition coefficient (Wildman–Crippen LogP) is 5.30. The maximum atomic E-state index is 14.1. The molecule has 1 atom stereocenters. The van der Waals surface area contributed by atoms with Gasteiger partial charge in [0.05, 0.1) is 46.7 Å². The van der Waals surface area contributed by atoms with E-state index in [0.29, 0.717) is 48.2 Å². The molecule has 218 valence electrons. The molecule has 0 unspecified atom stereocenters. The highest BCUT2D eigenvalue weighted by Gasteiger charge is 2.34. The van der Waals surface area contributed by atoms with Gasteiger partial charge in [0.15, 0.2) is 4.80 Å². The lowest BCUT2D eigenvalue weighted by atomic mass is 9.95. The van der Waals surface area contributed by atoms with Gasteiger partial charge >= 0.3 is 5.97 Å². The van der Waals surface area contributed by atoms with E-state index in [1.165, 1.54) is 15.9 Å². The molecule has 4 aromatic rings. The van der Waals surface area contributed by atoms with Crippen molar-refractivity contribution in [2.45, 2.75) is 39.5 Å². The summed E-state index contributed by atoms with van der Waals surface area (Å²) in [5, 5.41) is 9.54. The Morgan fingerprint density at radius 3 is 2.63 bits per heavy atom. The summed E-state index contributed by atoms with van der Waals surface area (Å²) in [5.41, 5.74) is 3.18. The highest BCUT2D eigenvalue weighted by atomic mass is 35.5. The Kier molecular flexibility index (Phi) is 8.81. The Morgan fingerprint density at radius 1 is 1.16 bits per heavy atom. The first-order valence-electron chi connectivity index (χ1n) is 13.5. The van der Waals surface area contributed by atoms with Gasteiger partial charge in [-0.25, -0.2) is 9.79 Å². The van der Waals surface area contributed by atoms with Gasteiger partial charge < -0.3 is 14.2 Å². The topological polar surface area (TPSA) is 103 Å². The van der Waals surface area contributed by atoms with Crippen LogP contribution >= 0.6 is 22.9 Å². The number of carbonyl (C=O) groups excluding carboxylic acids is 1. The zero-order valence-electron chi connectivity index (χ0n) is 24.0. The van der Waals surface area contributed by atoms with Crippen LogP contribution in [0.3, 0.4) is 0 Å². The van der Waals surface area contributed by atoms with Crippen LogP contribution in [0.1, 0.15) is 49.1 Å². The largest absolute Gasteiger partial charge is 0.497 e. The van der Waals surface area contributed by atoms with Crippen molar-refractivity contribution in [1.82, 2.24) is 4.57 Å². The molecule has 0 spiro atoms.